The van der Waals surface area contributed by atoms with Gasteiger partial charge in [0.2, 0.25) is 11.4 Å². The van der Waals surface area contributed by atoms with E-state index in [1.54, 1.807) is 0 Å². The molecule has 3 saturated carbocycles. The van der Waals surface area contributed by atoms with Crippen LogP contribution in [0.2, 0.25) is 0 Å². The standard InChI is InChI=1S/C57H81N5/c1-15-44(16-2)36-37-54(9,10)62(14,43(5)59-42(4)58-13)56(12)55(11,52-35-32-46-38-48(53(6,7)8)33-34-51(46)41(52)3)57(56)60(49-28-22-18-23-29-49)39-47(45-26-20-17-21-27-45)40-61(57)50-30-24-19-25-31-50/h15,17,20-21,26-27,32-40,49-50,58H,4,16,18-19,22-25,28-31H2,1-3,5-14H3/q+2/b37-36-,44-15+,59-43-/t55?,56?,62-/m0/s1. The van der Waals surface area contributed by atoms with E-state index in [4.69, 9.17) is 4.99 Å². The summed E-state index contributed by atoms with van der Waals surface area (Å²) in [7, 11) is 4.48. The van der Waals surface area contributed by atoms with Crippen molar-refractivity contribution >= 4 is 28.4 Å². The predicted octanol–water partition coefficient (Wildman–Crippen LogP) is 13.5. The maximum absolute atomic E-state index is 5.46. The van der Waals surface area contributed by atoms with Crippen molar-refractivity contribution in [3.8, 4) is 0 Å². The molecule has 1 aliphatic heterocycles. The van der Waals surface area contributed by atoms with Crippen molar-refractivity contribution in [3.63, 3.8) is 0 Å². The summed E-state index contributed by atoms with van der Waals surface area (Å²) in [6.45, 7) is 30.9. The molecule has 7 rings (SSSR count). The minimum Gasteiger partial charge on any atom is -0.373 e. The van der Waals surface area contributed by atoms with Crippen LogP contribution in [0.25, 0.3) is 16.3 Å². The van der Waals surface area contributed by atoms with Crippen molar-refractivity contribution in [2.45, 2.75) is 186 Å². The highest BCUT2D eigenvalue weighted by atomic mass is 15.6. The third kappa shape index (κ3) is 6.99. The van der Waals surface area contributed by atoms with Gasteiger partial charge in [-0.1, -0.05) is 138 Å². The molecule has 332 valence electrons. The second-order valence-electron chi connectivity index (χ2n) is 21.3. The fraction of sp³-hybridized carbons (Fsp3) is 0.544. The Morgan fingerprint density at radius 1 is 0.935 bits per heavy atom. The quantitative estimate of drug-likeness (QED) is 0.0686. The minimum atomic E-state index is -0.447. The monoisotopic (exact) mass is 836 g/mol. The highest BCUT2D eigenvalue weighted by Crippen LogP contribution is 2.77. The van der Waals surface area contributed by atoms with E-state index in [2.05, 4.69) is 196 Å². The van der Waals surface area contributed by atoms with Crippen LogP contribution in [0.3, 0.4) is 0 Å². The zero-order chi connectivity index (χ0) is 44.9. The average Bonchev–Trinajstić information content (AvgIpc) is 3.72. The Labute approximate surface area is 377 Å². The molecule has 0 amide bonds. The van der Waals surface area contributed by atoms with Gasteiger partial charge in [-0.05, 0) is 111 Å². The number of hydrogen-bond acceptors (Lipinski definition) is 3. The Kier molecular flexibility index (Phi) is 12.6. The highest BCUT2D eigenvalue weighted by Gasteiger charge is 3.03. The number of nitrogens with zero attached hydrogens (tertiary/aromatic N) is 4. The van der Waals surface area contributed by atoms with Gasteiger partial charge in [-0.25, -0.2) is 4.58 Å². The molecule has 4 atom stereocenters. The molecule has 5 nitrogen and oxygen atoms in total. The number of aliphatic imine (C=N–C) groups is 1. The first kappa shape index (κ1) is 45.8. The van der Waals surface area contributed by atoms with Gasteiger partial charge in [-0.2, -0.15) is 4.99 Å². The maximum atomic E-state index is 5.46. The molecule has 3 aliphatic carbocycles. The number of likely N-dealkylation sites (N-methyl/N-ethyl adjacent to an activating group) is 1. The summed E-state index contributed by atoms with van der Waals surface area (Å²) in [6, 6.07) is 24.3. The first-order valence-corrected chi connectivity index (χ1v) is 24.3. The van der Waals surface area contributed by atoms with E-state index in [1.807, 2.05) is 7.05 Å². The van der Waals surface area contributed by atoms with Gasteiger partial charge in [0, 0.05) is 46.0 Å². The molecule has 1 spiro atoms. The topological polar surface area (TPSA) is 30.6 Å². The summed E-state index contributed by atoms with van der Waals surface area (Å²) in [5.41, 5.74) is 6.63. The van der Waals surface area contributed by atoms with Crippen LogP contribution >= 0.6 is 0 Å². The molecule has 0 aromatic heterocycles. The first-order chi connectivity index (χ1) is 29.4. The molecule has 3 aromatic carbocycles. The van der Waals surface area contributed by atoms with E-state index in [1.165, 1.54) is 108 Å². The van der Waals surface area contributed by atoms with Gasteiger partial charge < -0.3 is 10.2 Å². The van der Waals surface area contributed by atoms with Crippen LogP contribution < -0.4 is 5.32 Å². The summed E-state index contributed by atoms with van der Waals surface area (Å²) >= 11 is 0. The van der Waals surface area contributed by atoms with Gasteiger partial charge >= 0.3 is 5.66 Å². The summed E-state index contributed by atoms with van der Waals surface area (Å²) in [5, 5.41) is 6.00. The van der Waals surface area contributed by atoms with E-state index in [9.17, 15) is 0 Å². The van der Waals surface area contributed by atoms with E-state index in [-0.39, 0.29) is 10.8 Å². The van der Waals surface area contributed by atoms with Crippen molar-refractivity contribution in [1.82, 2.24) is 10.2 Å². The SMILES string of the molecule is C=C(/N=C(/C)[N@@+](C)(C(C)(C)/C=C\C(=C\C)CC)C1(C)C(C)(c2ccc3cc(C(C)(C)C)ccc3c2C)C12N(C1CCCCC1)C=C(c1ccccc1)C=[N+]2C1CCCCC1)NC. The Morgan fingerprint density at radius 2 is 1.58 bits per heavy atom. The van der Waals surface area contributed by atoms with E-state index in [0.717, 1.165) is 12.3 Å². The molecule has 5 heteroatoms. The van der Waals surface area contributed by atoms with Crippen LogP contribution in [0.4, 0.5) is 0 Å². The van der Waals surface area contributed by atoms with Crippen molar-refractivity contribution in [1.29, 1.82) is 0 Å². The molecule has 4 aliphatic rings. The lowest BCUT2D eigenvalue weighted by Crippen LogP contribution is -2.73. The fourth-order valence-electron chi connectivity index (χ4n) is 13.0. The Bertz CT molecular complexity index is 2300. The molecule has 3 fully saturated rings. The molecular formula is C57H81N5+2. The van der Waals surface area contributed by atoms with E-state index >= 15 is 0 Å². The first-order valence-electron chi connectivity index (χ1n) is 24.3. The Morgan fingerprint density at radius 3 is 2.18 bits per heavy atom. The Hall–Kier alpha value is -4.22. The van der Waals surface area contributed by atoms with Crippen molar-refractivity contribution < 1.29 is 9.06 Å². The Balaban J connectivity index is 1.64. The van der Waals surface area contributed by atoms with Gasteiger partial charge in [-0.3, -0.25) is 4.48 Å². The molecule has 0 saturated heterocycles. The van der Waals surface area contributed by atoms with Crippen LogP contribution in [0, 0.1) is 6.92 Å². The molecule has 1 N–H and O–H groups in total. The highest BCUT2D eigenvalue weighted by molar-refractivity contribution is 6.08. The van der Waals surface area contributed by atoms with Crippen molar-refractivity contribution in [2.75, 3.05) is 14.1 Å². The third-order valence-corrected chi connectivity index (χ3v) is 17.1. The second-order valence-corrected chi connectivity index (χ2v) is 21.3. The van der Waals surface area contributed by atoms with Crippen LogP contribution in [-0.4, -0.2) is 68.9 Å². The van der Waals surface area contributed by atoms with E-state index in [0.29, 0.717) is 22.4 Å². The number of nitrogens with one attached hydrogen (secondary N) is 1. The van der Waals surface area contributed by atoms with Crippen LogP contribution in [0.5, 0.6) is 0 Å². The number of allylic oxidation sites excluding steroid dienone is 4. The summed E-state index contributed by atoms with van der Waals surface area (Å²) in [4.78, 5) is 8.46. The summed E-state index contributed by atoms with van der Waals surface area (Å²) < 4.78 is 3.60. The van der Waals surface area contributed by atoms with Crippen LogP contribution in [-0.2, 0) is 10.8 Å². The average molecular weight is 836 g/mol. The fourth-order valence-corrected chi connectivity index (χ4v) is 13.0. The number of amidine groups is 1. The molecule has 0 bridgehead atoms. The lowest BCUT2D eigenvalue weighted by atomic mass is 9.81. The third-order valence-electron chi connectivity index (χ3n) is 17.1. The lowest BCUT2D eigenvalue weighted by molar-refractivity contribution is -0.914. The van der Waals surface area contributed by atoms with Crippen molar-refractivity contribution in [2.24, 2.45) is 4.99 Å². The zero-order valence-corrected chi connectivity index (χ0v) is 41.1. The van der Waals surface area contributed by atoms with Crippen molar-refractivity contribution in [3.05, 3.63) is 125 Å². The molecule has 0 radical (unpaired) electrons. The number of rotatable bonds is 11. The van der Waals surface area contributed by atoms with Gasteiger partial charge in [0.05, 0.1) is 12.6 Å². The van der Waals surface area contributed by atoms with Gasteiger partial charge in [0.15, 0.2) is 12.3 Å². The van der Waals surface area contributed by atoms with Crippen LogP contribution in [0.1, 0.15) is 162 Å². The maximum Gasteiger partial charge on any atom is 0.311 e. The number of aryl methyl sites for hydroxylation is 1. The molecule has 3 unspecified atom stereocenters. The number of benzene rings is 3. The largest absolute Gasteiger partial charge is 0.373 e. The minimum absolute atomic E-state index is 0.0742. The molecule has 62 heavy (non-hydrogen) atoms. The summed E-state index contributed by atoms with van der Waals surface area (Å²) in [5.74, 6) is 1.77. The lowest BCUT2D eigenvalue weighted by Gasteiger charge is -2.52. The van der Waals surface area contributed by atoms with E-state index < -0.39 is 16.7 Å². The van der Waals surface area contributed by atoms with Gasteiger partial charge in [-0.15, -0.1) is 0 Å². The molecule has 3 aromatic rings. The normalized spacial score (nSPS) is 26.8. The zero-order valence-electron chi connectivity index (χ0n) is 41.1. The number of quaternary nitrogens is 1. The molecule has 1 heterocycles. The summed E-state index contributed by atoms with van der Waals surface area (Å²) in [6.07, 6.45) is 26.0. The smallest absolute Gasteiger partial charge is 0.311 e. The van der Waals surface area contributed by atoms with Gasteiger partial charge in [0.25, 0.3) is 0 Å². The van der Waals surface area contributed by atoms with Gasteiger partial charge in [0.1, 0.15) is 16.8 Å². The number of hydrogen-bond donors (Lipinski definition) is 1. The van der Waals surface area contributed by atoms with Crippen LogP contribution in [0.15, 0.2) is 108 Å². The molecular weight excluding hydrogens is 755 g/mol. The second kappa shape index (κ2) is 17.1. The predicted molar refractivity (Wildman–Crippen MR) is 267 cm³/mol. The number of fused-ring (bicyclic) bond motifs is 1.